The summed E-state index contributed by atoms with van der Waals surface area (Å²) in [6.45, 7) is 3.83. The summed E-state index contributed by atoms with van der Waals surface area (Å²) in [4.78, 5) is 15.1. The van der Waals surface area contributed by atoms with Crippen LogP contribution in [0.4, 0.5) is 0 Å². The highest BCUT2D eigenvalue weighted by Gasteiger charge is 2.21. The van der Waals surface area contributed by atoms with E-state index in [1.165, 1.54) is 5.56 Å². The molecule has 5 nitrogen and oxygen atoms in total. The van der Waals surface area contributed by atoms with E-state index in [1.54, 1.807) is 6.26 Å². The molecule has 1 amide bonds. The Morgan fingerprint density at radius 1 is 1.03 bits per heavy atom. The quantitative estimate of drug-likeness (QED) is 0.515. The van der Waals surface area contributed by atoms with Gasteiger partial charge in [-0.2, -0.15) is 0 Å². The van der Waals surface area contributed by atoms with E-state index in [2.05, 4.69) is 46.6 Å². The Balaban J connectivity index is 1.20. The van der Waals surface area contributed by atoms with E-state index in [-0.39, 0.29) is 12.0 Å². The number of fused-ring (bicyclic) bond motifs is 3. The third kappa shape index (κ3) is 4.48. The van der Waals surface area contributed by atoms with Gasteiger partial charge >= 0.3 is 0 Å². The van der Waals surface area contributed by atoms with Gasteiger partial charge < -0.3 is 14.5 Å². The Labute approximate surface area is 181 Å². The summed E-state index contributed by atoms with van der Waals surface area (Å²) in [6, 6.07) is 22.7. The molecule has 1 fully saturated rings. The van der Waals surface area contributed by atoms with Gasteiger partial charge in [-0.1, -0.05) is 60.7 Å². The van der Waals surface area contributed by atoms with Crippen LogP contribution in [-0.2, 0) is 22.5 Å². The highest BCUT2D eigenvalue weighted by Crippen LogP contribution is 2.30. The van der Waals surface area contributed by atoms with Crippen molar-refractivity contribution in [2.24, 2.45) is 0 Å². The van der Waals surface area contributed by atoms with Crippen molar-refractivity contribution in [3.63, 3.8) is 0 Å². The minimum atomic E-state index is -0.0144. The van der Waals surface area contributed by atoms with E-state index < -0.39 is 0 Å². The lowest BCUT2D eigenvalue weighted by atomic mass is 10.0. The van der Waals surface area contributed by atoms with Gasteiger partial charge in [0.15, 0.2) is 0 Å². The van der Waals surface area contributed by atoms with Crippen LogP contribution in [0.3, 0.4) is 0 Å². The molecule has 0 saturated carbocycles. The van der Waals surface area contributed by atoms with Crippen molar-refractivity contribution in [1.29, 1.82) is 0 Å². The Morgan fingerprint density at radius 3 is 2.77 bits per heavy atom. The van der Waals surface area contributed by atoms with Crippen molar-refractivity contribution in [1.82, 2.24) is 10.2 Å². The van der Waals surface area contributed by atoms with Gasteiger partial charge in [0.1, 0.15) is 5.58 Å². The number of hydrogen-bond donors (Lipinski definition) is 1. The van der Waals surface area contributed by atoms with Crippen LogP contribution < -0.4 is 5.32 Å². The summed E-state index contributed by atoms with van der Waals surface area (Å²) >= 11 is 0. The molecule has 31 heavy (non-hydrogen) atoms. The number of ether oxygens (including phenoxy) is 1. The van der Waals surface area contributed by atoms with E-state index in [0.29, 0.717) is 19.6 Å². The third-order valence-corrected chi connectivity index (χ3v) is 5.89. The normalized spacial score (nSPS) is 17.2. The van der Waals surface area contributed by atoms with Gasteiger partial charge in [0, 0.05) is 37.1 Å². The van der Waals surface area contributed by atoms with Crippen molar-refractivity contribution in [2.75, 3.05) is 26.2 Å². The standard InChI is InChI=1S/C26H26N2O3/c29-25(14-21-18-31-24-11-10-20-8-4-5-9-23(20)26(21)24)27-15-22-17-28(12-13-30-22)16-19-6-2-1-3-7-19/h1-11,18,22H,12-17H2,(H,27,29). The smallest absolute Gasteiger partial charge is 0.224 e. The molecular weight excluding hydrogens is 388 g/mol. The first kappa shape index (κ1) is 19.8. The lowest BCUT2D eigenvalue weighted by Crippen LogP contribution is -2.47. The Kier molecular flexibility index (Phi) is 5.69. The van der Waals surface area contributed by atoms with E-state index in [0.717, 1.165) is 46.9 Å². The van der Waals surface area contributed by atoms with Crippen molar-refractivity contribution in [3.05, 3.63) is 84.1 Å². The minimum Gasteiger partial charge on any atom is -0.464 e. The number of rotatable bonds is 6. The average Bonchev–Trinajstić information content (AvgIpc) is 3.22. The highest BCUT2D eigenvalue weighted by atomic mass is 16.5. The van der Waals surface area contributed by atoms with Gasteiger partial charge in [0.2, 0.25) is 5.91 Å². The fraction of sp³-hybridized carbons (Fsp3) is 0.269. The molecule has 0 spiro atoms. The maximum atomic E-state index is 12.7. The summed E-state index contributed by atoms with van der Waals surface area (Å²) < 4.78 is 11.6. The Hall–Kier alpha value is -3.15. The van der Waals surface area contributed by atoms with E-state index in [1.807, 2.05) is 30.3 Å². The average molecular weight is 415 g/mol. The number of nitrogens with zero attached hydrogens (tertiary/aromatic N) is 1. The van der Waals surface area contributed by atoms with Crippen LogP contribution in [0.2, 0.25) is 0 Å². The lowest BCUT2D eigenvalue weighted by molar-refractivity contribution is -0.121. The van der Waals surface area contributed by atoms with Crippen LogP contribution in [0.15, 0.2) is 77.4 Å². The number of carbonyl (C=O) groups is 1. The van der Waals surface area contributed by atoms with Gasteiger partial charge in [-0.25, -0.2) is 0 Å². The zero-order valence-electron chi connectivity index (χ0n) is 17.4. The molecule has 1 N–H and O–H groups in total. The summed E-state index contributed by atoms with van der Waals surface area (Å²) in [5.41, 5.74) is 3.03. The molecule has 158 valence electrons. The fourth-order valence-electron chi connectivity index (χ4n) is 4.36. The van der Waals surface area contributed by atoms with E-state index in [9.17, 15) is 4.79 Å². The number of nitrogens with one attached hydrogen (secondary N) is 1. The first-order valence-electron chi connectivity index (χ1n) is 10.8. The molecule has 0 radical (unpaired) electrons. The number of amides is 1. The summed E-state index contributed by atoms with van der Waals surface area (Å²) in [5, 5.41) is 6.34. The van der Waals surface area contributed by atoms with Crippen LogP contribution in [0.1, 0.15) is 11.1 Å². The predicted molar refractivity (Wildman–Crippen MR) is 122 cm³/mol. The van der Waals surface area contributed by atoms with Gasteiger partial charge in [-0.3, -0.25) is 9.69 Å². The molecule has 1 unspecified atom stereocenters. The second-order valence-electron chi connectivity index (χ2n) is 8.12. The summed E-state index contributed by atoms with van der Waals surface area (Å²) in [6.07, 6.45) is 2.00. The van der Waals surface area contributed by atoms with Gasteiger partial charge in [0.25, 0.3) is 0 Å². The zero-order valence-corrected chi connectivity index (χ0v) is 17.4. The topological polar surface area (TPSA) is 54.7 Å². The van der Waals surface area contributed by atoms with Crippen LogP contribution in [0, 0.1) is 0 Å². The molecule has 0 aliphatic carbocycles. The molecule has 1 saturated heterocycles. The highest BCUT2D eigenvalue weighted by molar-refractivity contribution is 6.08. The van der Waals surface area contributed by atoms with E-state index in [4.69, 9.17) is 9.15 Å². The number of benzene rings is 3. The van der Waals surface area contributed by atoms with Crippen LogP contribution in [-0.4, -0.2) is 43.2 Å². The van der Waals surface area contributed by atoms with Gasteiger partial charge in [-0.15, -0.1) is 0 Å². The maximum Gasteiger partial charge on any atom is 0.224 e. The van der Waals surface area contributed by atoms with Crippen LogP contribution >= 0.6 is 0 Å². The molecule has 1 aliphatic rings. The molecule has 5 heteroatoms. The molecule has 0 bridgehead atoms. The second kappa shape index (κ2) is 8.92. The monoisotopic (exact) mass is 414 g/mol. The minimum absolute atomic E-state index is 0.00309. The van der Waals surface area contributed by atoms with E-state index >= 15 is 0 Å². The SMILES string of the molecule is O=C(Cc1coc2ccc3ccccc3c12)NCC1CN(Cc2ccccc2)CCO1. The summed E-state index contributed by atoms with van der Waals surface area (Å²) in [5.74, 6) is -0.0144. The summed E-state index contributed by atoms with van der Waals surface area (Å²) in [7, 11) is 0. The molecule has 1 atom stereocenters. The lowest BCUT2D eigenvalue weighted by Gasteiger charge is -2.33. The van der Waals surface area contributed by atoms with Crippen molar-refractivity contribution in [2.45, 2.75) is 19.1 Å². The third-order valence-electron chi connectivity index (χ3n) is 5.89. The van der Waals surface area contributed by atoms with Gasteiger partial charge in [0.05, 0.1) is 25.4 Å². The maximum absolute atomic E-state index is 12.7. The first-order valence-corrected chi connectivity index (χ1v) is 10.8. The van der Waals surface area contributed by atoms with Crippen molar-refractivity contribution in [3.8, 4) is 0 Å². The molecule has 1 aliphatic heterocycles. The van der Waals surface area contributed by atoms with Gasteiger partial charge in [-0.05, 0) is 22.4 Å². The number of carbonyl (C=O) groups excluding carboxylic acids is 1. The predicted octanol–water partition coefficient (Wildman–Crippen LogP) is 4.15. The largest absolute Gasteiger partial charge is 0.464 e. The fourth-order valence-corrected chi connectivity index (χ4v) is 4.36. The second-order valence-corrected chi connectivity index (χ2v) is 8.12. The molecule has 3 aromatic carbocycles. The van der Waals surface area contributed by atoms with Crippen molar-refractivity contribution < 1.29 is 13.9 Å². The van der Waals surface area contributed by atoms with Crippen molar-refractivity contribution >= 4 is 27.6 Å². The number of furan rings is 1. The zero-order chi connectivity index (χ0) is 21.0. The first-order chi connectivity index (χ1) is 15.3. The Bertz CT molecular complexity index is 1190. The van der Waals surface area contributed by atoms with Crippen LogP contribution in [0.25, 0.3) is 21.7 Å². The number of morpholine rings is 1. The van der Waals surface area contributed by atoms with Crippen LogP contribution in [0.5, 0.6) is 0 Å². The molecule has 4 aromatic rings. The molecule has 2 heterocycles. The Morgan fingerprint density at radius 2 is 1.87 bits per heavy atom. The molecule has 1 aromatic heterocycles. The molecular formula is C26H26N2O3. The number of hydrogen-bond acceptors (Lipinski definition) is 4. The molecule has 5 rings (SSSR count).